The monoisotopic (exact) mass is 394 g/mol. The van der Waals surface area contributed by atoms with Crippen LogP contribution in [0.2, 0.25) is 0 Å². The summed E-state index contributed by atoms with van der Waals surface area (Å²) < 4.78 is 5.44. The number of aryl methyl sites for hydroxylation is 1. The summed E-state index contributed by atoms with van der Waals surface area (Å²) in [4.78, 5) is 29.5. The highest BCUT2D eigenvalue weighted by molar-refractivity contribution is 7.09. The van der Waals surface area contributed by atoms with Crippen LogP contribution in [0.25, 0.3) is 0 Å². The maximum atomic E-state index is 12.4. The number of hydrogen-bond donors (Lipinski definition) is 0. The van der Waals surface area contributed by atoms with Gasteiger partial charge < -0.3 is 14.5 Å². The lowest BCUT2D eigenvalue weighted by Gasteiger charge is -2.34. The molecule has 1 aliphatic rings. The molecule has 0 aromatic carbocycles. The number of hydrogen-bond acceptors (Lipinski definition) is 4. The number of ether oxygens (including phenoxy) is 1. The third kappa shape index (κ3) is 7.91. The SMILES string of the molecule is CN(CC1CCN(C(=O)OC(C)(C)C)CC1)C(=O)CCCCc1cccs1. The fourth-order valence-electron chi connectivity index (χ4n) is 3.33. The molecule has 5 nitrogen and oxygen atoms in total. The minimum Gasteiger partial charge on any atom is -0.444 e. The van der Waals surface area contributed by atoms with Crippen molar-refractivity contribution < 1.29 is 14.3 Å². The third-order valence-electron chi connectivity index (χ3n) is 4.87. The first kappa shape index (κ1) is 21.7. The van der Waals surface area contributed by atoms with Crippen LogP contribution >= 0.6 is 11.3 Å². The lowest BCUT2D eigenvalue weighted by atomic mass is 9.96. The first-order chi connectivity index (χ1) is 12.7. The summed E-state index contributed by atoms with van der Waals surface area (Å²) >= 11 is 1.78. The third-order valence-corrected chi connectivity index (χ3v) is 5.80. The smallest absolute Gasteiger partial charge is 0.410 e. The van der Waals surface area contributed by atoms with E-state index in [1.54, 1.807) is 16.2 Å². The van der Waals surface area contributed by atoms with Gasteiger partial charge in [-0.1, -0.05) is 6.07 Å². The maximum absolute atomic E-state index is 12.4. The molecule has 1 aromatic heterocycles. The second-order valence-corrected chi connectivity index (χ2v) is 9.50. The number of rotatable bonds is 7. The van der Waals surface area contributed by atoms with Crippen molar-refractivity contribution in [2.75, 3.05) is 26.7 Å². The van der Waals surface area contributed by atoms with Crippen LogP contribution < -0.4 is 0 Å². The average molecular weight is 395 g/mol. The van der Waals surface area contributed by atoms with Gasteiger partial charge >= 0.3 is 6.09 Å². The summed E-state index contributed by atoms with van der Waals surface area (Å²) in [7, 11) is 1.90. The van der Waals surface area contributed by atoms with E-state index < -0.39 is 5.60 Å². The normalized spacial score (nSPS) is 15.6. The topological polar surface area (TPSA) is 49.9 Å². The van der Waals surface area contributed by atoms with Crippen LogP contribution in [-0.4, -0.2) is 54.1 Å². The molecule has 1 aromatic rings. The van der Waals surface area contributed by atoms with Gasteiger partial charge in [-0.2, -0.15) is 0 Å². The van der Waals surface area contributed by atoms with Gasteiger partial charge in [-0.15, -0.1) is 11.3 Å². The molecule has 0 atom stereocenters. The Morgan fingerprint density at radius 3 is 2.56 bits per heavy atom. The number of carbonyl (C=O) groups is 2. The lowest BCUT2D eigenvalue weighted by molar-refractivity contribution is -0.130. The van der Waals surface area contributed by atoms with Crippen molar-refractivity contribution in [3.8, 4) is 0 Å². The Labute approximate surface area is 167 Å². The number of likely N-dealkylation sites (tertiary alicyclic amines) is 1. The van der Waals surface area contributed by atoms with Gasteiger partial charge in [0.05, 0.1) is 0 Å². The molecule has 2 rings (SSSR count). The summed E-state index contributed by atoms with van der Waals surface area (Å²) in [5.74, 6) is 0.694. The summed E-state index contributed by atoms with van der Waals surface area (Å²) in [5.41, 5.74) is -0.454. The van der Waals surface area contributed by atoms with Gasteiger partial charge in [0.1, 0.15) is 5.60 Å². The molecule has 0 radical (unpaired) electrons. The summed E-state index contributed by atoms with van der Waals surface area (Å²) in [6.45, 7) is 7.87. The second-order valence-electron chi connectivity index (χ2n) is 8.47. The molecule has 1 fully saturated rings. The van der Waals surface area contributed by atoms with Crippen molar-refractivity contribution >= 4 is 23.3 Å². The molecule has 2 amide bonds. The molecule has 0 N–H and O–H groups in total. The predicted molar refractivity (Wildman–Crippen MR) is 110 cm³/mol. The number of unbranched alkanes of at least 4 members (excludes halogenated alkanes) is 1. The van der Waals surface area contributed by atoms with E-state index in [-0.39, 0.29) is 12.0 Å². The molecule has 2 heterocycles. The highest BCUT2D eigenvalue weighted by Gasteiger charge is 2.27. The minimum absolute atomic E-state index is 0.226. The van der Waals surface area contributed by atoms with Gasteiger partial charge in [0.25, 0.3) is 0 Å². The van der Waals surface area contributed by atoms with Crippen molar-refractivity contribution in [2.24, 2.45) is 5.92 Å². The Morgan fingerprint density at radius 1 is 1.26 bits per heavy atom. The first-order valence-corrected chi connectivity index (χ1v) is 10.9. The van der Waals surface area contributed by atoms with Gasteiger partial charge in [0.15, 0.2) is 0 Å². The van der Waals surface area contributed by atoms with Crippen molar-refractivity contribution in [3.63, 3.8) is 0 Å². The molecule has 6 heteroatoms. The molecule has 0 unspecified atom stereocenters. The fraction of sp³-hybridized carbons (Fsp3) is 0.714. The quantitative estimate of drug-likeness (QED) is 0.637. The summed E-state index contributed by atoms with van der Waals surface area (Å²) in [6, 6.07) is 4.23. The average Bonchev–Trinajstić information content (AvgIpc) is 3.11. The lowest BCUT2D eigenvalue weighted by Crippen LogP contribution is -2.44. The Kier molecular flexibility index (Phi) is 8.14. The molecule has 0 bridgehead atoms. The number of piperidine rings is 1. The molecule has 1 aliphatic heterocycles. The largest absolute Gasteiger partial charge is 0.444 e. The number of amides is 2. The standard InChI is InChI=1S/C21H34N2O3S/c1-21(2,3)26-20(25)23-13-11-17(12-14-23)16-22(4)19(24)10-6-5-8-18-9-7-15-27-18/h7,9,15,17H,5-6,8,10-14,16H2,1-4H3. The van der Waals surface area contributed by atoms with Crippen LogP contribution in [0.1, 0.15) is 57.8 Å². The van der Waals surface area contributed by atoms with Crippen molar-refractivity contribution in [3.05, 3.63) is 22.4 Å². The van der Waals surface area contributed by atoms with Crippen LogP contribution in [0, 0.1) is 5.92 Å². The van der Waals surface area contributed by atoms with Crippen molar-refractivity contribution in [1.29, 1.82) is 0 Å². The van der Waals surface area contributed by atoms with Gasteiger partial charge in [-0.25, -0.2) is 4.79 Å². The molecule has 152 valence electrons. The molecule has 0 saturated carbocycles. The van der Waals surface area contributed by atoms with E-state index in [0.29, 0.717) is 25.4 Å². The summed E-state index contributed by atoms with van der Waals surface area (Å²) in [6.07, 6.45) is 5.32. The van der Waals surface area contributed by atoms with E-state index in [4.69, 9.17) is 4.74 Å². The number of carbonyl (C=O) groups excluding carboxylic acids is 2. The molecule has 0 aliphatic carbocycles. The van der Waals surface area contributed by atoms with Crippen LogP contribution in [0.3, 0.4) is 0 Å². The maximum Gasteiger partial charge on any atom is 0.410 e. The van der Waals surface area contributed by atoms with Gasteiger partial charge in [-0.3, -0.25) is 4.79 Å². The zero-order chi connectivity index (χ0) is 19.9. The van der Waals surface area contributed by atoms with E-state index in [1.807, 2.05) is 32.7 Å². The van der Waals surface area contributed by atoms with Gasteiger partial charge in [0, 0.05) is 38.0 Å². The highest BCUT2D eigenvalue weighted by Crippen LogP contribution is 2.21. The van der Waals surface area contributed by atoms with Crippen molar-refractivity contribution in [1.82, 2.24) is 9.80 Å². The van der Waals surface area contributed by atoms with E-state index in [2.05, 4.69) is 17.5 Å². The Hall–Kier alpha value is -1.56. The zero-order valence-corrected chi connectivity index (χ0v) is 18.0. The highest BCUT2D eigenvalue weighted by atomic mass is 32.1. The molecule has 1 saturated heterocycles. The van der Waals surface area contributed by atoms with Crippen LogP contribution in [0.5, 0.6) is 0 Å². The predicted octanol–water partition coefficient (Wildman–Crippen LogP) is 4.57. The van der Waals surface area contributed by atoms with E-state index in [9.17, 15) is 9.59 Å². The second kappa shape index (κ2) is 10.1. The van der Waals surface area contributed by atoms with Crippen LogP contribution in [0.15, 0.2) is 17.5 Å². The molecular formula is C21H34N2O3S. The van der Waals surface area contributed by atoms with E-state index >= 15 is 0 Å². The zero-order valence-electron chi connectivity index (χ0n) is 17.2. The van der Waals surface area contributed by atoms with E-state index in [1.165, 1.54) is 4.88 Å². The van der Waals surface area contributed by atoms with E-state index in [0.717, 1.165) is 38.6 Å². The van der Waals surface area contributed by atoms with Crippen LogP contribution in [0.4, 0.5) is 4.79 Å². The molecular weight excluding hydrogens is 360 g/mol. The Morgan fingerprint density at radius 2 is 1.96 bits per heavy atom. The molecule has 0 spiro atoms. The van der Waals surface area contributed by atoms with Gasteiger partial charge in [-0.05, 0) is 70.2 Å². The first-order valence-electron chi connectivity index (χ1n) is 9.99. The minimum atomic E-state index is -0.454. The Bertz CT molecular complexity index is 587. The van der Waals surface area contributed by atoms with Crippen LogP contribution in [-0.2, 0) is 16.0 Å². The number of nitrogens with zero attached hydrogens (tertiary/aromatic N) is 2. The fourth-order valence-corrected chi connectivity index (χ4v) is 4.09. The van der Waals surface area contributed by atoms with Crippen molar-refractivity contribution in [2.45, 2.75) is 64.9 Å². The Balaban J connectivity index is 1.62. The van der Waals surface area contributed by atoms with Gasteiger partial charge in [0.2, 0.25) is 5.91 Å². The summed E-state index contributed by atoms with van der Waals surface area (Å²) in [5, 5.41) is 2.10. The number of thiophene rings is 1. The molecule has 27 heavy (non-hydrogen) atoms.